The van der Waals surface area contributed by atoms with Crippen LogP contribution in [0.25, 0.3) is 15.7 Å². The molecule has 6 rings (SSSR count). The van der Waals surface area contributed by atoms with Crippen LogP contribution in [0.5, 0.6) is 6.01 Å². The molecule has 2 atom stereocenters. The average molecular weight is 632 g/mol. The van der Waals surface area contributed by atoms with Crippen LogP contribution in [0.3, 0.4) is 0 Å². The van der Waals surface area contributed by atoms with Crippen molar-refractivity contribution in [3.8, 4) is 6.01 Å². The molecule has 2 bridgehead atoms. The first-order chi connectivity index (χ1) is 19.6. The minimum absolute atomic E-state index is 0.0427. The van der Waals surface area contributed by atoms with Crippen molar-refractivity contribution in [3.63, 3.8) is 0 Å². The first kappa shape index (κ1) is 28.4. The molecule has 220 valence electrons. The van der Waals surface area contributed by atoms with Crippen LogP contribution in [0.4, 0.5) is 20.7 Å². The van der Waals surface area contributed by atoms with Crippen LogP contribution in [0, 0.1) is 17.8 Å². The van der Waals surface area contributed by atoms with E-state index in [1.165, 1.54) is 0 Å². The van der Waals surface area contributed by atoms with Gasteiger partial charge in [-0.25, -0.2) is 14.0 Å². The molecule has 4 heterocycles. The predicted octanol–water partition coefficient (Wildman–Crippen LogP) is 5.16. The molecule has 4 fully saturated rings. The van der Waals surface area contributed by atoms with Crippen LogP contribution in [0.2, 0.25) is 0 Å². The third-order valence-electron chi connectivity index (χ3n) is 8.45. The number of fused-ring (bicyclic) bond motifs is 3. The van der Waals surface area contributed by atoms with Gasteiger partial charge in [-0.3, -0.25) is 9.80 Å². The lowest BCUT2D eigenvalue weighted by atomic mass is 10.1. The van der Waals surface area contributed by atoms with Crippen LogP contribution >= 0.6 is 15.9 Å². The Labute approximate surface area is 248 Å². The number of aromatic nitrogens is 2. The summed E-state index contributed by atoms with van der Waals surface area (Å²) in [6, 6.07) is 1.66. The Morgan fingerprint density at radius 3 is 2.51 bits per heavy atom. The third-order valence-corrected chi connectivity index (χ3v) is 9.20. The molecule has 12 heteroatoms. The normalized spacial score (nSPS) is 23.9. The van der Waals surface area contributed by atoms with Gasteiger partial charge in [0.15, 0.2) is 5.82 Å². The molecule has 1 aromatic carbocycles. The Morgan fingerprint density at radius 1 is 1.22 bits per heavy atom. The minimum Gasteiger partial charge on any atom is -0.463 e. The summed E-state index contributed by atoms with van der Waals surface area (Å²) in [5.41, 5.74) is -0.262. The van der Waals surface area contributed by atoms with Gasteiger partial charge < -0.3 is 19.1 Å². The van der Waals surface area contributed by atoms with Gasteiger partial charge >= 0.3 is 12.1 Å². The number of carbonyl (C=O) groups is 1. The van der Waals surface area contributed by atoms with Gasteiger partial charge in [-0.2, -0.15) is 9.97 Å². The minimum atomic E-state index is -0.605. The van der Waals surface area contributed by atoms with E-state index in [0.717, 1.165) is 58.5 Å². The zero-order chi connectivity index (χ0) is 28.9. The summed E-state index contributed by atoms with van der Waals surface area (Å²) in [5.74, 6) is -0.0770. The van der Waals surface area contributed by atoms with E-state index in [2.05, 4.69) is 35.6 Å². The van der Waals surface area contributed by atoms with Crippen molar-refractivity contribution in [2.45, 2.75) is 64.1 Å². The lowest BCUT2D eigenvalue weighted by molar-refractivity contribution is 0.0123. The van der Waals surface area contributed by atoms with E-state index < -0.39 is 11.4 Å². The summed E-state index contributed by atoms with van der Waals surface area (Å²) in [6.07, 6.45) is 3.53. The van der Waals surface area contributed by atoms with Gasteiger partial charge in [0.05, 0.1) is 42.9 Å². The Kier molecular flexibility index (Phi) is 7.49. The van der Waals surface area contributed by atoms with Crippen molar-refractivity contribution in [2.24, 2.45) is 5.41 Å². The highest BCUT2D eigenvalue weighted by Crippen LogP contribution is 2.47. The molecule has 2 aromatic rings. The maximum atomic E-state index is 15.6. The molecule has 41 heavy (non-hydrogen) atoms. The topological polar surface area (TPSA) is 84.6 Å². The van der Waals surface area contributed by atoms with E-state index in [1.807, 2.05) is 25.7 Å². The quantitative estimate of drug-likeness (QED) is 0.405. The van der Waals surface area contributed by atoms with Gasteiger partial charge in [-0.1, -0.05) is 15.9 Å². The van der Waals surface area contributed by atoms with Gasteiger partial charge in [-0.05, 0) is 52.5 Å². The maximum absolute atomic E-state index is 15.6. The number of hydrogen-bond donors (Lipinski definition) is 0. The summed E-state index contributed by atoms with van der Waals surface area (Å²) >= 11 is 3.24. The number of nitrogens with zero attached hydrogens (tertiary/aromatic N) is 6. The predicted molar refractivity (Wildman–Crippen MR) is 155 cm³/mol. The van der Waals surface area contributed by atoms with Crippen molar-refractivity contribution in [1.29, 1.82) is 0 Å². The number of rotatable bonds is 6. The van der Waals surface area contributed by atoms with Crippen LogP contribution in [-0.4, -0.2) is 96.1 Å². The summed E-state index contributed by atoms with van der Waals surface area (Å²) in [7, 11) is 0. The summed E-state index contributed by atoms with van der Waals surface area (Å²) in [5, 5.41) is 0.462. The average Bonchev–Trinajstić information content (AvgIpc) is 3.64. The lowest BCUT2D eigenvalue weighted by Crippen LogP contribution is -2.57. The number of ether oxygens (including phenoxy) is 3. The molecule has 3 aliphatic heterocycles. The second-order valence-corrected chi connectivity index (χ2v) is 13.5. The number of anilines is 1. The molecule has 0 N–H and O–H groups in total. The summed E-state index contributed by atoms with van der Waals surface area (Å²) in [6.45, 7) is 18.9. The largest absolute Gasteiger partial charge is 0.463 e. The molecule has 3 saturated heterocycles. The molecule has 10 nitrogen and oxygen atoms in total. The fraction of sp³-hybridized carbons (Fsp3) is 0.655. The highest BCUT2D eigenvalue weighted by Gasteiger charge is 2.46. The van der Waals surface area contributed by atoms with Crippen molar-refractivity contribution >= 4 is 44.4 Å². The number of hydrogen-bond acceptors (Lipinski definition) is 8. The maximum Gasteiger partial charge on any atom is 0.410 e. The Balaban J connectivity index is 1.29. The first-order valence-corrected chi connectivity index (χ1v) is 15.1. The van der Waals surface area contributed by atoms with Gasteiger partial charge in [-0.15, -0.1) is 0 Å². The Morgan fingerprint density at radius 2 is 1.90 bits per heavy atom. The number of amides is 1. The molecule has 1 aliphatic carbocycles. The molecule has 1 aromatic heterocycles. The van der Waals surface area contributed by atoms with Crippen LogP contribution in [0.1, 0.15) is 46.5 Å². The smallest absolute Gasteiger partial charge is 0.410 e. The molecular formula is C29H36BrFN6O4. The van der Waals surface area contributed by atoms with E-state index >= 15 is 4.39 Å². The lowest BCUT2D eigenvalue weighted by Gasteiger charge is -2.42. The van der Waals surface area contributed by atoms with Gasteiger partial charge in [0.25, 0.3) is 0 Å². The summed E-state index contributed by atoms with van der Waals surface area (Å²) in [4.78, 5) is 32.2. The number of morpholine rings is 1. The third kappa shape index (κ3) is 5.81. The monoisotopic (exact) mass is 630 g/mol. The standard InChI is InChI=1S/C29H36BrFN6O4/c1-28(2,3)41-27(38)37-18-5-6-19(37)15-36(14-18)25-20-13-21(32-4)22(30)23(31)24(20)33-26(34-25)40-17-29(7-8-29)16-35-9-11-39-12-10-35/h13,18-19H,5-12,14-17H2,1-3H3. The molecule has 4 aliphatic rings. The van der Waals surface area contributed by atoms with Gasteiger partial charge in [0.2, 0.25) is 5.69 Å². The van der Waals surface area contributed by atoms with Crippen molar-refractivity contribution < 1.29 is 23.4 Å². The highest BCUT2D eigenvalue weighted by molar-refractivity contribution is 9.10. The van der Waals surface area contributed by atoms with Gasteiger partial charge in [0.1, 0.15) is 16.9 Å². The summed E-state index contributed by atoms with van der Waals surface area (Å²) < 4.78 is 33.1. The zero-order valence-electron chi connectivity index (χ0n) is 23.8. The first-order valence-electron chi connectivity index (χ1n) is 14.3. The molecule has 1 amide bonds. The highest BCUT2D eigenvalue weighted by atomic mass is 79.9. The SMILES string of the molecule is [C-]#[N+]c1cc2c(N3CC4CCC(C3)N4C(=O)OC(C)(C)C)nc(OCC3(CN4CCOCC4)CC3)nc2c(F)c1Br. The van der Waals surface area contributed by atoms with E-state index in [1.54, 1.807) is 6.07 Å². The molecule has 0 spiro atoms. The Hall–Kier alpha value is -2.75. The van der Waals surface area contributed by atoms with Crippen molar-refractivity contribution in [2.75, 3.05) is 57.4 Å². The van der Waals surface area contributed by atoms with Crippen LogP contribution < -0.4 is 9.64 Å². The van der Waals surface area contributed by atoms with E-state index in [0.29, 0.717) is 30.9 Å². The Bertz CT molecular complexity index is 1370. The van der Waals surface area contributed by atoms with Gasteiger partial charge in [0, 0.05) is 43.5 Å². The zero-order valence-corrected chi connectivity index (χ0v) is 25.4. The van der Waals surface area contributed by atoms with Crippen molar-refractivity contribution in [3.05, 3.63) is 27.8 Å². The fourth-order valence-electron chi connectivity index (χ4n) is 6.21. The molecular weight excluding hydrogens is 595 g/mol. The molecule has 2 unspecified atom stereocenters. The number of halogens is 2. The number of piperazine rings is 1. The van der Waals surface area contributed by atoms with Crippen LogP contribution in [0.15, 0.2) is 10.5 Å². The number of carbonyl (C=O) groups excluding carboxylic acids is 1. The second-order valence-electron chi connectivity index (χ2n) is 12.7. The number of benzene rings is 1. The molecule has 1 saturated carbocycles. The molecule has 0 radical (unpaired) electrons. The van der Waals surface area contributed by atoms with E-state index in [4.69, 9.17) is 25.8 Å². The van der Waals surface area contributed by atoms with E-state index in [-0.39, 0.29) is 45.3 Å². The second kappa shape index (κ2) is 10.8. The fourth-order valence-corrected chi connectivity index (χ4v) is 6.60. The van der Waals surface area contributed by atoms with E-state index in [9.17, 15) is 4.79 Å². The van der Waals surface area contributed by atoms with Crippen LogP contribution in [-0.2, 0) is 9.47 Å². The van der Waals surface area contributed by atoms with Crippen molar-refractivity contribution in [1.82, 2.24) is 19.8 Å².